The van der Waals surface area contributed by atoms with Crippen LogP contribution in [0, 0.1) is 0 Å². The summed E-state index contributed by atoms with van der Waals surface area (Å²) in [6.07, 6.45) is 6.78. The largest absolute Gasteiger partial charge is 0.457 e. The second kappa shape index (κ2) is 7.61. The monoisotopic (exact) mass is 499 g/mol. The van der Waals surface area contributed by atoms with Crippen molar-refractivity contribution >= 4 is 17.0 Å². The summed E-state index contributed by atoms with van der Waals surface area (Å²) in [5.41, 5.74) is 12.5. The number of fused-ring (bicyclic) bond motifs is 12. The molecule has 2 heteroatoms. The number of aromatic nitrogens is 1. The van der Waals surface area contributed by atoms with Gasteiger partial charge >= 0.3 is 0 Å². The lowest BCUT2D eigenvalue weighted by Crippen LogP contribution is -2.32. The molecule has 2 heterocycles. The van der Waals surface area contributed by atoms with Crippen molar-refractivity contribution in [1.82, 2.24) is 4.57 Å². The van der Waals surface area contributed by atoms with Crippen LogP contribution in [0.25, 0.3) is 33.8 Å². The number of benzene rings is 5. The number of nitrogens with zero attached hydrogens (tertiary/aromatic N) is 1. The zero-order chi connectivity index (χ0) is 25.6. The molecule has 0 unspecified atom stereocenters. The highest BCUT2D eigenvalue weighted by Gasteiger charge is 2.51. The summed E-state index contributed by atoms with van der Waals surface area (Å²) in [6.45, 7) is 0. The third-order valence-electron chi connectivity index (χ3n) is 8.92. The Kier molecular flexibility index (Phi) is 4.13. The van der Waals surface area contributed by atoms with Crippen LogP contribution in [0.4, 0.5) is 0 Å². The van der Waals surface area contributed by atoms with Gasteiger partial charge in [-0.15, -0.1) is 0 Å². The van der Waals surface area contributed by atoms with E-state index in [9.17, 15) is 0 Å². The Morgan fingerprint density at radius 3 is 2.05 bits per heavy atom. The van der Waals surface area contributed by atoms with Crippen molar-refractivity contribution in [2.45, 2.75) is 18.3 Å². The molecule has 2 nitrogen and oxygen atoms in total. The first-order valence-electron chi connectivity index (χ1n) is 13.8. The van der Waals surface area contributed by atoms with Gasteiger partial charge in [0.15, 0.2) is 0 Å². The zero-order valence-electron chi connectivity index (χ0n) is 21.4. The van der Waals surface area contributed by atoms with E-state index in [-0.39, 0.29) is 0 Å². The van der Waals surface area contributed by atoms with Gasteiger partial charge in [0.1, 0.15) is 11.5 Å². The maximum Gasteiger partial charge on any atom is 0.132 e. The molecule has 39 heavy (non-hydrogen) atoms. The molecule has 0 saturated heterocycles. The van der Waals surface area contributed by atoms with Crippen molar-refractivity contribution in [3.05, 3.63) is 155 Å². The summed E-state index contributed by atoms with van der Waals surface area (Å²) in [5.74, 6) is 1.87. The van der Waals surface area contributed by atoms with E-state index in [0.717, 1.165) is 24.3 Å². The minimum absolute atomic E-state index is 0.439. The molecule has 6 aromatic rings. The molecule has 5 aromatic carbocycles. The van der Waals surface area contributed by atoms with Gasteiger partial charge in [-0.25, -0.2) is 0 Å². The number of hydrogen-bond acceptors (Lipinski definition) is 1. The summed E-state index contributed by atoms with van der Waals surface area (Å²) in [4.78, 5) is 0. The minimum atomic E-state index is -0.439. The Bertz CT molecular complexity index is 1950. The number of rotatable bonds is 1. The number of hydrogen-bond donors (Lipinski definition) is 0. The molecule has 184 valence electrons. The van der Waals surface area contributed by atoms with E-state index in [1.165, 1.54) is 61.2 Å². The van der Waals surface area contributed by atoms with Gasteiger partial charge in [-0.3, -0.25) is 0 Å². The molecule has 0 saturated carbocycles. The molecule has 0 fully saturated rings. The van der Waals surface area contributed by atoms with E-state index in [1.54, 1.807) is 0 Å². The van der Waals surface area contributed by atoms with Gasteiger partial charge in [-0.05, 0) is 71.5 Å². The molecule has 0 bridgehead atoms. The maximum atomic E-state index is 6.52. The Hall–Kier alpha value is -4.82. The van der Waals surface area contributed by atoms with E-state index in [2.05, 4.69) is 132 Å². The Balaban J connectivity index is 1.47. The van der Waals surface area contributed by atoms with Crippen molar-refractivity contribution < 1.29 is 4.74 Å². The van der Waals surface area contributed by atoms with Gasteiger partial charge in [0.05, 0.1) is 10.9 Å². The molecule has 9 rings (SSSR count). The maximum absolute atomic E-state index is 6.52. The second-order valence-electron chi connectivity index (χ2n) is 10.8. The van der Waals surface area contributed by atoms with Gasteiger partial charge in [-0.2, -0.15) is 0 Å². The molecule has 2 aliphatic carbocycles. The summed E-state index contributed by atoms with van der Waals surface area (Å²) in [7, 11) is 0. The summed E-state index contributed by atoms with van der Waals surface area (Å²) < 4.78 is 9.01. The molecule has 1 aliphatic heterocycles. The van der Waals surface area contributed by atoms with Crippen LogP contribution in [-0.4, -0.2) is 4.57 Å². The third-order valence-corrected chi connectivity index (χ3v) is 8.92. The van der Waals surface area contributed by atoms with Crippen molar-refractivity contribution in [2.24, 2.45) is 0 Å². The quantitative estimate of drug-likeness (QED) is 0.220. The molecule has 1 aromatic heterocycles. The molecule has 0 N–H and O–H groups in total. The zero-order valence-corrected chi connectivity index (χ0v) is 21.4. The van der Waals surface area contributed by atoms with Crippen LogP contribution in [0.5, 0.6) is 11.5 Å². The van der Waals surface area contributed by atoms with Crippen LogP contribution in [0.1, 0.15) is 39.9 Å². The molecule has 0 radical (unpaired) electrons. The van der Waals surface area contributed by atoms with Crippen LogP contribution in [0.15, 0.2) is 121 Å². The van der Waals surface area contributed by atoms with E-state index >= 15 is 0 Å². The van der Waals surface area contributed by atoms with Gasteiger partial charge in [0.25, 0.3) is 0 Å². The van der Waals surface area contributed by atoms with Gasteiger partial charge in [-0.1, -0.05) is 91.0 Å². The predicted octanol–water partition coefficient (Wildman–Crippen LogP) is 9.06. The Morgan fingerprint density at radius 1 is 0.615 bits per heavy atom. The second-order valence-corrected chi connectivity index (χ2v) is 10.8. The first-order chi connectivity index (χ1) is 19.4. The van der Waals surface area contributed by atoms with Crippen LogP contribution >= 0.6 is 0 Å². The number of allylic oxidation sites excluding steroid dienone is 1. The average Bonchev–Trinajstić information content (AvgIpc) is 3.47. The average molecular weight is 500 g/mol. The van der Waals surface area contributed by atoms with Gasteiger partial charge < -0.3 is 9.30 Å². The molecule has 1 spiro atoms. The highest BCUT2D eigenvalue weighted by Crippen LogP contribution is 2.62. The van der Waals surface area contributed by atoms with E-state index in [4.69, 9.17) is 4.74 Å². The fourth-order valence-electron chi connectivity index (χ4n) is 7.43. The van der Waals surface area contributed by atoms with E-state index in [1.807, 2.05) is 0 Å². The van der Waals surface area contributed by atoms with Crippen molar-refractivity contribution in [2.75, 3.05) is 0 Å². The highest BCUT2D eigenvalue weighted by atomic mass is 16.5. The van der Waals surface area contributed by atoms with Crippen molar-refractivity contribution in [3.8, 4) is 28.3 Å². The number of ether oxygens (including phenoxy) is 1. The van der Waals surface area contributed by atoms with E-state index < -0.39 is 5.41 Å². The highest BCUT2D eigenvalue weighted by molar-refractivity contribution is 6.01. The van der Waals surface area contributed by atoms with Crippen molar-refractivity contribution in [3.63, 3.8) is 0 Å². The Labute approximate surface area is 227 Å². The lowest BCUT2D eigenvalue weighted by atomic mass is 9.66. The van der Waals surface area contributed by atoms with Gasteiger partial charge in [0, 0.05) is 33.5 Å². The SMILES string of the molecule is C1=Cc2c(n(-c3ccccc3)c3cc4c(cc23)C2(c3ccccc3Oc3ccccc32)c2ccccc2-4)CC1. The third kappa shape index (κ3) is 2.61. The minimum Gasteiger partial charge on any atom is -0.457 e. The summed E-state index contributed by atoms with van der Waals surface area (Å²) in [5, 5.41) is 1.32. The molecular formula is C37H25NO. The van der Waals surface area contributed by atoms with Crippen LogP contribution in [-0.2, 0) is 11.8 Å². The smallest absolute Gasteiger partial charge is 0.132 e. The predicted molar refractivity (Wildman–Crippen MR) is 158 cm³/mol. The fourth-order valence-corrected chi connectivity index (χ4v) is 7.43. The first-order valence-corrected chi connectivity index (χ1v) is 13.8. The molecule has 0 amide bonds. The summed E-state index contributed by atoms with van der Waals surface area (Å²) >= 11 is 0. The standard InChI is InChI=1S/C37H25NO/c1-2-12-24(13-3-1)38-33-19-9-5-15-26(33)28-22-32-27(23-34(28)38)25-14-4-6-16-29(25)37(32)30-17-7-10-20-35(30)39-36-21-11-8-18-31(36)37/h1-8,10-18,20-23H,9,19H2. The lowest BCUT2D eigenvalue weighted by molar-refractivity contribution is 0.436. The van der Waals surface area contributed by atoms with Gasteiger partial charge in [0.2, 0.25) is 0 Å². The molecule has 3 aliphatic rings. The lowest BCUT2D eigenvalue weighted by Gasteiger charge is -2.39. The Morgan fingerprint density at radius 2 is 1.28 bits per heavy atom. The topological polar surface area (TPSA) is 14.2 Å². The molecule has 0 atom stereocenters. The van der Waals surface area contributed by atoms with Crippen LogP contribution < -0.4 is 4.74 Å². The fraction of sp³-hybridized carbons (Fsp3) is 0.0811. The van der Waals surface area contributed by atoms with Crippen LogP contribution in [0.3, 0.4) is 0 Å². The van der Waals surface area contributed by atoms with E-state index in [0.29, 0.717) is 0 Å². The number of para-hydroxylation sites is 3. The van der Waals surface area contributed by atoms with Crippen molar-refractivity contribution in [1.29, 1.82) is 0 Å². The summed E-state index contributed by atoms with van der Waals surface area (Å²) in [6, 6.07) is 41.9. The van der Waals surface area contributed by atoms with Crippen LogP contribution in [0.2, 0.25) is 0 Å². The first kappa shape index (κ1) is 21.2. The molecular weight excluding hydrogens is 474 g/mol. The normalized spacial score (nSPS) is 15.3.